The molecule has 0 radical (unpaired) electrons. The summed E-state index contributed by atoms with van der Waals surface area (Å²) >= 11 is 1.50. The number of benzene rings is 2. The quantitative estimate of drug-likeness (QED) is 0.442. The summed E-state index contributed by atoms with van der Waals surface area (Å²) in [4.78, 5) is 26.9. The van der Waals surface area contributed by atoms with Crippen molar-refractivity contribution in [2.45, 2.75) is 24.3 Å². The number of thiophene rings is 1. The molecule has 2 aromatic heterocycles. The maximum atomic E-state index is 13.0. The summed E-state index contributed by atoms with van der Waals surface area (Å²) in [5.41, 5.74) is 0.616. The van der Waals surface area contributed by atoms with E-state index in [1.165, 1.54) is 27.8 Å². The molecule has 8 nitrogen and oxygen atoms in total. The number of carbonyl (C=O) groups is 1. The van der Waals surface area contributed by atoms with Crippen LogP contribution in [0.5, 0.6) is 0 Å². The Morgan fingerprint density at radius 1 is 1.00 bits per heavy atom. The molecule has 1 aliphatic rings. The van der Waals surface area contributed by atoms with E-state index in [9.17, 15) is 18.0 Å². The van der Waals surface area contributed by atoms with Crippen molar-refractivity contribution in [1.82, 2.24) is 14.1 Å². The Hall–Kier alpha value is -3.34. The average Bonchev–Trinajstić information content (AvgIpc) is 3.56. The first-order valence-corrected chi connectivity index (χ1v) is 13.2. The van der Waals surface area contributed by atoms with Crippen molar-refractivity contribution in [2.24, 2.45) is 0 Å². The van der Waals surface area contributed by atoms with Crippen LogP contribution in [0.1, 0.15) is 12.8 Å². The van der Waals surface area contributed by atoms with Crippen molar-refractivity contribution in [3.63, 3.8) is 0 Å². The molecule has 0 unspecified atom stereocenters. The van der Waals surface area contributed by atoms with Crippen molar-refractivity contribution in [3.8, 4) is 10.6 Å². The van der Waals surface area contributed by atoms with Crippen LogP contribution < -0.4 is 10.9 Å². The fourth-order valence-electron chi connectivity index (χ4n) is 4.09. The molecule has 1 aliphatic heterocycles. The van der Waals surface area contributed by atoms with E-state index < -0.39 is 15.9 Å². The molecule has 3 heterocycles. The fraction of sp³-hybridized carbons (Fsp3) is 0.208. The van der Waals surface area contributed by atoms with Crippen molar-refractivity contribution in [3.05, 3.63) is 76.4 Å². The largest absolute Gasteiger partial charge is 0.324 e. The predicted octanol–water partition coefficient (Wildman–Crippen LogP) is 3.55. The lowest BCUT2D eigenvalue weighted by Crippen LogP contribution is -2.30. The van der Waals surface area contributed by atoms with Gasteiger partial charge in [-0.05, 0) is 48.6 Å². The molecule has 1 amide bonds. The first kappa shape index (κ1) is 22.5. The highest BCUT2D eigenvalue weighted by Gasteiger charge is 2.27. The van der Waals surface area contributed by atoms with Crippen LogP contribution >= 0.6 is 11.3 Å². The number of nitrogens with zero attached hydrogens (tertiary/aromatic N) is 3. The lowest BCUT2D eigenvalue weighted by atomic mass is 10.1. The van der Waals surface area contributed by atoms with E-state index in [0.717, 1.165) is 27.8 Å². The van der Waals surface area contributed by atoms with Crippen LogP contribution in [-0.2, 0) is 21.4 Å². The standard InChI is InChI=1S/C24H22N4O4S2/c29-22(25-17-7-5-8-18(15-17)34(31,32)27-12-3-4-13-27)16-28-24(30)20-10-2-1-9-19(20)23(26-28)21-11-6-14-33-21/h1-2,5-11,14-15H,3-4,12-13,16H2,(H,25,29). The van der Waals surface area contributed by atoms with Crippen LogP contribution in [-0.4, -0.2) is 41.5 Å². The zero-order valence-electron chi connectivity index (χ0n) is 18.2. The highest BCUT2D eigenvalue weighted by molar-refractivity contribution is 7.89. The maximum absolute atomic E-state index is 13.0. The van der Waals surface area contributed by atoms with Crippen molar-refractivity contribution in [1.29, 1.82) is 0 Å². The molecular formula is C24H22N4O4S2. The Labute approximate surface area is 200 Å². The van der Waals surface area contributed by atoms with Gasteiger partial charge in [-0.15, -0.1) is 11.3 Å². The zero-order valence-corrected chi connectivity index (χ0v) is 19.8. The van der Waals surface area contributed by atoms with Crippen LogP contribution in [0.15, 0.2) is 75.7 Å². The number of rotatable bonds is 6. The summed E-state index contributed by atoms with van der Waals surface area (Å²) in [7, 11) is -3.60. The van der Waals surface area contributed by atoms with E-state index in [1.807, 2.05) is 29.6 Å². The van der Waals surface area contributed by atoms with E-state index in [4.69, 9.17) is 0 Å². The molecular weight excluding hydrogens is 472 g/mol. The van der Waals surface area contributed by atoms with Crippen LogP contribution in [0, 0.1) is 0 Å². The second kappa shape index (κ2) is 9.13. The number of amides is 1. The number of carbonyl (C=O) groups excluding carboxylic acids is 1. The van der Waals surface area contributed by atoms with Gasteiger partial charge in [0.05, 0.1) is 15.2 Å². The van der Waals surface area contributed by atoms with Crippen LogP contribution in [0.25, 0.3) is 21.3 Å². The summed E-state index contributed by atoms with van der Waals surface area (Å²) in [5, 5.41) is 10.3. The second-order valence-corrected chi connectivity index (χ2v) is 10.9. The van der Waals surface area contributed by atoms with Gasteiger partial charge in [0, 0.05) is 24.2 Å². The first-order valence-electron chi connectivity index (χ1n) is 10.9. The average molecular weight is 495 g/mol. The number of nitrogens with one attached hydrogen (secondary N) is 1. The van der Waals surface area contributed by atoms with Crippen LogP contribution in [0.4, 0.5) is 5.69 Å². The minimum absolute atomic E-state index is 0.133. The van der Waals surface area contributed by atoms with E-state index in [0.29, 0.717) is 29.9 Å². The third-order valence-corrected chi connectivity index (χ3v) is 8.51. The SMILES string of the molecule is O=C(Cn1nc(-c2cccs2)c2ccccc2c1=O)Nc1cccc(S(=O)(=O)N2CCCC2)c1. The minimum Gasteiger partial charge on any atom is -0.324 e. The molecule has 4 aromatic rings. The molecule has 1 saturated heterocycles. The van der Waals surface area contributed by atoms with Gasteiger partial charge in [-0.1, -0.05) is 30.3 Å². The summed E-state index contributed by atoms with van der Waals surface area (Å²) in [6.07, 6.45) is 1.69. The van der Waals surface area contributed by atoms with Gasteiger partial charge >= 0.3 is 0 Å². The van der Waals surface area contributed by atoms with Gasteiger partial charge in [0.1, 0.15) is 12.2 Å². The number of sulfonamides is 1. The second-order valence-electron chi connectivity index (χ2n) is 8.02. The van der Waals surface area contributed by atoms with Gasteiger partial charge in [0.2, 0.25) is 15.9 Å². The third-order valence-electron chi connectivity index (χ3n) is 5.74. The summed E-state index contributed by atoms with van der Waals surface area (Å²) in [6.45, 7) is 0.704. The number of hydrogen-bond acceptors (Lipinski definition) is 6. The van der Waals surface area contributed by atoms with Gasteiger partial charge in [-0.25, -0.2) is 13.1 Å². The number of fused-ring (bicyclic) bond motifs is 1. The van der Waals surface area contributed by atoms with Gasteiger partial charge < -0.3 is 5.32 Å². The van der Waals surface area contributed by atoms with E-state index in [-0.39, 0.29) is 17.0 Å². The molecule has 0 aliphatic carbocycles. The normalized spacial score (nSPS) is 14.5. The molecule has 2 aromatic carbocycles. The molecule has 5 rings (SSSR count). The van der Waals surface area contributed by atoms with Gasteiger partial charge in [0.25, 0.3) is 5.56 Å². The summed E-state index contributed by atoms with van der Waals surface area (Å²) in [5.74, 6) is -0.474. The Bertz CT molecular complexity index is 1520. The maximum Gasteiger partial charge on any atom is 0.275 e. The van der Waals surface area contributed by atoms with Crippen molar-refractivity contribution in [2.75, 3.05) is 18.4 Å². The van der Waals surface area contributed by atoms with E-state index in [2.05, 4.69) is 10.4 Å². The van der Waals surface area contributed by atoms with Gasteiger partial charge in [-0.3, -0.25) is 9.59 Å². The molecule has 34 heavy (non-hydrogen) atoms. The van der Waals surface area contributed by atoms with Gasteiger partial charge in [-0.2, -0.15) is 9.40 Å². The summed E-state index contributed by atoms with van der Waals surface area (Å²) in [6, 6.07) is 17.2. The Kier molecular flexibility index (Phi) is 6.03. The summed E-state index contributed by atoms with van der Waals surface area (Å²) < 4.78 is 28.3. The molecule has 0 spiro atoms. The highest BCUT2D eigenvalue weighted by Crippen LogP contribution is 2.28. The Morgan fingerprint density at radius 2 is 1.76 bits per heavy atom. The van der Waals surface area contributed by atoms with Crippen LogP contribution in [0.2, 0.25) is 0 Å². The smallest absolute Gasteiger partial charge is 0.275 e. The Balaban J connectivity index is 1.42. The number of hydrogen-bond donors (Lipinski definition) is 1. The minimum atomic E-state index is -3.60. The molecule has 0 bridgehead atoms. The zero-order chi connectivity index (χ0) is 23.7. The highest BCUT2D eigenvalue weighted by atomic mass is 32.2. The lowest BCUT2D eigenvalue weighted by molar-refractivity contribution is -0.117. The van der Waals surface area contributed by atoms with Crippen molar-refractivity contribution >= 4 is 43.7 Å². The number of anilines is 1. The topological polar surface area (TPSA) is 101 Å². The third kappa shape index (κ3) is 4.27. The Morgan fingerprint density at radius 3 is 2.50 bits per heavy atom. The van der Waals surface area contributed by atoms with E-state index in [1.54, 1.807) is 24.3 Å². The van der Waals surface area contributed by atoms with Crippen LogP contribution in [0.3, 0.4) is 0 Å². The monoisotopic (exact) mass is 494 g/mol. The fourth-order valence-corrected chi connectivity index (χ4v) is 6.37. The predicted molar refractivity (Wildman–Crippen MR) is 132 cm³/mol. The van der Waals surface area contributed by atoms with E-state index >= 15 is 0 Å². The lowest BCUT2D eigenvalue weighted by Gasteiger charge is -2.16. The van der Waals surface area contributed by atoms with Crippen molar-refractivity contribution < 1.29 is 13.2 Å². The molecule has 0 saturated carbocycles. The molecule has 0 atom stereocenters. The number of aromatic nitrogens is 2. The van der Waals surface area contributed by atoms with Gasteiger partial charge in [0.15, 0.2) is 0 Å². The molecule has 174 valence electrons. The molecule has 10 heteroatoms. The molecule has 1 fully saturated rings. The molecule has 1 N–H and O–H groups in total. The first-order chi connectivity index (χ1) is 16.4.